The third-order valence-electron chi connectivity index (χ3n) is 5.54. The molecule has 0 bridgehead atoms. The Morgan fingerprint density at radius 1 is 1.00 bits per heavy atom. The van der Waals surface area contributed by atoms with E-state index in [1.807, 2.05) is 26.8 Å². The molecular formula is C26H27N3O5S. The minimum Gasteiger partial charge on any atom is -0.496 e. The van der Waals surface area contributed by atoms with Gasteiger partial charge < -0.3 is 4.74 Å². The second-order valence-corrected chi connectivity index (χ2v) is 11.1. The van der Waals surface area contributed by atoms with Gasteiger partial charge in [0.15, 0.2) is 0 Å². The second kappa shape index (κ2) is 8.74. The number of sulfonamides is 1. The number of hydrogen-bond acceptors (Lipinski definition) is 5. The van der Waals surface area contributed by atoms with Crippen LogP contribution in [-0.2, 0) is 15.4 Å². The van der Waals surface area contributed by atoms with Crippen LogP contribution in [-0.4, -0.2) is 31.3 Å². The van der Waals surface area contributed by atoms with Gasteiger partial charge in [0.25, 0.3) is 5.56 Å². The lowest BCUT2D eigenvalue weighted by Gasteiger charge is -2.25. The van der Waals surface area contributed by atoms with Gasteiger partial charge >= 0.3 is 5.69 Å². The van der Waals surface area contributed by atoms with Crippen molar-refractivity contribution in [1.82, 2.24) is 9.55 Å². The zero-order chi connectivity index (χ0) is 28.0. The molecular weight excluding hydrogens is 469 g/mol. The van der Waals surface area contributed by atoms with Gasteiger partial charge in [0.2, 0.25) is 10.0 Å². The number of methoxy groups -OCH3 is 1. The highest BCUT2D eigenvalue weighted by atomic mass is 32.2. The zero-order valence-electron chi connectivity index (χ0n) is 22.7. The lowest BCUT2D eigenvalue weighted by atomic mass is 9.83. The number of benzene rings is 3. The van der Waals surface area contributed by atoms with Crippen molar-refractivity contribution in [3.8, 4) is 22.6 Å². The molecule has 3 aromatic carbocycles. The molecule has 1 heterocycles. The summed E-state index contributed by atoms with van der Waals surface area (Å²) < 4.78 is 55.9. The molecule has 0 radical (unpaired) electrons. The quantitative estimate of drug-likeness (QED) is 0.431. The molecule has 4 rings (SSSR count). The summed E-state index contributed by atoms with van der Waals surface area (Å²) in [5.41, 5.74) is 0.659. The number of ether oxygens (including phenoxy) is 1. The molecule has 0 atom stereocenters. The van der Waals surface area contributed by atoms with Gasteiger partial charge in [-0.3, -0.25) is 19.1 Å². The molecule has 2 N–H and O–H groups in total. The Morgan fingerprint density at radius 2 is 1.71 bits per heavy atom. The molecule has 9 heteroatoms. The van der Waals surface area contributed by atoms with Gasteiger partial charge in [-0.1, -0.05) is 39.0 Å². The fourth-order valence-electron chi connectivity index (χ4n) is 3.95. The molecule has 0 fully saturated rings. The van der Waals surface area contributed by atoms with Crippen molar-refractivity contribution in [2.45, 2.75) is 26.2 Å². The van der Waals surface area contributed by atoms with E-state index in [4.69, 9.17) is 8.85 Å². The summed E-state index contributed by atoms with van der Waals surface area (Å²) in [7, 11) is -6.19. The number of aromatic amines is 1. The van der Waals surface area contributed by atoms with E-state index in [2.05, 4.69) is 9.71 Å². The Bertz CT molecular complexity index is 1770. The van der Waals surface area contributed by atoms with E-state index in [0.717, 1.165) is 17.0 Å². The molecule has 1 aromatic heterocycles. The maximum absolute atomic E-state index is 12.6. The largest absolute Gasteiger partial charge is 0.496 e. The SMILES string of the molecule is [2H]C([2H])([2H])Oc1c(-c2ccc3cc(NS(C)(=O)=O)ccc3c2)cc(-[15n]2ccc(=O)[15nH][13c]2=O)cc1C(C)(C)C. The monoisotopic (exact) mass is 499 g/mol. The van der Waals surface area contributed by atoms with Gasteiger partial charge in [0.05, 0.1) is 23.1 Å². The van der Waals surface area contributed by atoms with Crippen LogP contribution in [0.1, 0.15) is 30.4 Å². The first-order chi connectivity index (χ1) is 17.5. The number of H-pyrrole nitrogens is 1. The Hall–Kier alpha value is -3.85. The third-order valence-corrected chi connectivity index (χ3v) is 6.15. The van der Waals surface area contributed by atoms with Crippen molar-refractivity contribution in [2.75, 3.05) is 18.0 Å². The molecule has 0 aliphatic heterocycles. The van der Waals surface area contributed by atoms with E-state index in [0.29, 0.717) is 28.1 Å². The van der Waals surface area contributed by atoms with E-state index < -0.39 is 33.7 Å². The highest BCUT2D eigenvalue weighted by Gasteiger charge is 2.24. The fraction of sp³-hybridized carbons (Fsp3) is 0.231. The minimum absolute atomic E-state index is 0.147. The third kappa shape index (κ3) is 5.14. The number of hydrogen-bond donors (Lipinski definition) is 2. The summed E-state index contributed by atoms with van der Waals surface area (Å²) in [6, 6.07) is 15.0. The van der Waals surface area contributed by atoms with Crippen LogP contribution >= 0.6 is 0 Å². The van der Waals surface area contributed by atoms with Gasteiger partial charge in [0, 0.05) is 29.1 Å². The van der Waals surface area contributed by atoms with Crippen LogP contribution in [0, 0.1) is 0 Å². The Labute approximate surface area is 207 Å². The first-order valence-corrected chi connectivity index (χ1v) is 12.6. The Kier molecular flexibility index (Phi) is 5.12. The number of anilines is 1. The average molecular weight is 500 g/mol. The van der Waals surface area contributed by atoms with E-state index in [1.54, 1.807) is 42.5 Å². The van der Waals surface area contributed by atoms with E-state index in [9.17, 15) is 18.0 Å². The molecule has 35 heavy (non-hydrogen) atoms. The van der Waals surface area contributed by atoms with Crippen LogP contribution < -0.4 is 20.7 Å². The highest BCUT2D eigenvalue weighted by molar-refractivity contribution is 7.92. The van der Waals surface area contributed by atoms with E-state index >= 15 is 0 Å². The minimum atomic E-state index is -3.45. The molecule has 8 nitrogen and oxygen atoms in total. The number of aromatic nitrogens is 2. The fourth-order valence-corrected chi connectivity index (χ4v) is 4.50. The van der Waals surface area contributed by atoms with Crippen molar-refractivity contribution in [3.63, 3.8) is 0 Å². The van der Waals surface area contributed by atoms with Crippen LogP contribution in [0.25, 0.3) is 27.6 Å². The number of nitrogens with zero attached hydrogens (tertiary/aromatic N) is 1. The maximum atomic E-state index is 12.6. The van der Waals surface area contributed by atoms with Crippen molar-refractivity contribution >= 4 is 26.5 Å². The van der Waals surface area contributed by atoms with Gasteiger partial charge in [-0.2, -0.15) is 0 Å². The summed E-state index contributed by atoms with van der Waals surface area (Å²) in [5, 5.41) is 1.52. The Balaban J connectivity index is 2.00. The van der Waals surface area contributed by atoms with Gasteiger partial charge in [-0.25, -0.2) is 13.2 Å². The van der Waals surface area contributed by atoms with Crippen LogP contribution in [0.4, 0.5) is 5.69 Å². The molecule has 0 spiro atoms. The van der Waals surface area contributed by atoms with Crippen molar-refractivity contribution < 1.29 is 17.3 Å². The molecule has 4 aromatic rings. The van der Waals surface area contributed by atoms with Crippen LogP contribution in [0.15, 0.2) is 70.4 Å². The molecule has 0 saturated carbocycles. The van der Waals surface area contributed by atoms with Crippen molar-refractivity contribution in [2.24, 2.45) is 0 Å². The average Bonchev–Trinajstić information content (AvgIpc) is 2.76. The molecule has 0 unspecified atom stereocenters. The number of fused-ring (bicyclic) bond motifs is 1. The van der Waals surface area contributed by atoms with Crippen LogP contribution in [0.2, 0.25) is 0 Å². The lowest BCUT2D eigenvalue weighted by Crippen LogP contribution is -2.27. The normalized spacial score (nSPS) is 13.7. The second-order valence-electron chi connectivity index (χ2n) is 9.35. The summed E-state index contributed by atoms with van der Waals surface area (Å²) in [5.74, 6) is 0.147. The van der Waals surface area contributed by atoms with Crippen molar-refractivity contribution in [1.29, 1.82) is 0 Å². The predicted octanol–water partition coefficient (Wildman–Crippen LogP) is 4.02. The number of nitrogens with one attached hydrogen (secondary N) is 2. The van der Waals surface area contributed by atoms with Gasteiger partial charge in [-0.15, -0.1) is 0 Å². The summed E-state index contributed by atoms with van der Waals surface area (Å²) in [4.78, 5) is 26.5. The van der Waals surface area contributed by atoms with Gasteiger partial charge in [-0.05, 0) is 52.1 Å². The standard InChI is InChI=1S/C26H27N3O5S/c1-26(2,3)22-15-20(29-11-10-23(30)27-25(29)31)14-21(24(22)34-4)18-7-6-17-13-19(28-35(5,32)33)9-8-16(17)12-18/h6-15,28H,1-5H3,(H,27,30,31)/i4D3,25+1,27+1,29+1. The molecule has 0 amide bonds. The molecule has 0 aliphatic rings. The Morgan fingerprint density at radius 3 is 2.37 bits per heavy atom. The van der Waals surface area contributed by atoms with Crippen LogP contribution in [0.5, 0.6) is 5.75 Å². The first-order valence-electron chi connectivity index (χ1n) is 12.2. The highest BCUT2D eigenvalue weighted by Crippen LogP contribution is 2.41. The number of rotatable bonds is 5. The van der Waals surface area contributed by atoms with E-state index in [1.165, 1.54) is 16.8 Å². The summed E-state index contributed by atoms with van der Waals surface area (Å²) in [6.45, 7) is 5.69. The topological polar surface area (TPSA) is 110 Å². The molecule has 0 aliphatic carbocycles. The van der Waals surface area contributed by atoms with Crippen molar-refractivity contribution in [3.05, 3.63) is 87.2 Å². The predicted molar refractivity (Wildman–Crippen MR) is 139 cm³/mol. The maximum Gasteiger partial charge on any atom is 0.332 e. The molecule has 182 valence electrons. The zero-order valence-corrected chi connectivity index (χ0v) is 20.5. The summed E-state index contributed by atoms with van der Waals surface area (Å²) >= 11 is 0. The van der Waals surface area contributed by atoms with E-state index in [-0.39, 0.29) is 5.75 Å². The molecule has 0 saturated heterocycles. The lowest BCUT2D eigenvalue weighted by molar-refractivity contribution is 0.399. The van der Waals surface area contributed by atoms with Crippen LogP contribution in [0.3, 0.4) is 0 Å². The van der Waals surface area contributed by atoms with Gasteiger partial charge in [0.1, 0.15) is 5.75 Å². The smallest absolute Gasteiger partial charge is 0.332 e. The first kappa shape index (κ1) is 20.5. The summed E-state index contributed by atoms with van der Waals surface area (Å²) in [6.07, 6.45) is 2.42.